The molecule has 2 nitrogen and oxygen atoms in total. The zero-order chi connectivity index (χ0) is 11.8. The van der Waals surface area contributed by atoms with Crippen LogP contribution in [0.5, 0.6) is 0 Å². The number of hydrogen-bond donors (Lipinski definition) is 1. The Morgan fingerprint density at radius 1 is 1.44 bits per heavy atom. The lowest BCUT2D eigenvalue weighted by molar-refractivity contribution is 0.131. The number of thioether (sulfide) groups is 1. The topological polar surface area (TPSA) is 21.3 Å². The summed E-state index contributed by atoms with van der Waals surface area (Å²) in [5, 5.41) is 4.06. The van der Waals surface area contributed by atoms with Gasteiger partial charge in [-0.25, -0.2) is 0 Å². The molecule has 0 radical (unpaired) electrons. The lowest BCUT2D eigenvalue weighted by Crippen LogP contribution is -2.32. The molecule has 1 rings (SSSR count). The van der Waals surface area contributed by atoms with Gasteiger partial charge in [0.1, 0.15) is 0 Å². The molecule has 0 aliphatic rings. The summed E-state index contributed by atoms with van der Waals surface area (Å²) in [6.07, 6.45) is 0. The third-order valence-corrected chi connectivity index (χ3v) is 3.89. The molecule has 1 aromatic rings. The average molecular weight is 260 g/mol. The van der Waals surface area contributed by atoms with E-state index in [1.54, 1.807) is 11.8 Å². The number of halogens is 1. The summed E-state index contributed by atoms with van der Waals surface area (Å²) >= 11 is 7.84. The van der Waals surface area contributed by atoms with Gasteiger partial charge in [0.15, 0.2) is 0 Å². The third kappa shape index (κ3) is 4.74. The molecule has 0 spiro atoms. The maximum absolute atomic E-state index is 6.08. The fourth-order valence-electron chi connectivity index (χ4n) is 1.23. The van der Waals surface area contributed by atoms with Crippen LogP contribution in [0.4, 0.5) is 0 Å². The van der Waals surface area contributed by atoms with Gasteiger partial charge < -0.3 is 10.1 Å². The van der Waals surface area contributed by atoms with Gasteiger partial charge in [-0.3, -0.25) is 0 Å². The van der Waals surface area contributed by atoms with E-state index in [0.29, 0.717) is 6.04 Å². The fourth-order valence-corrected chi connectivity index (χ4v) is 2.55. The highest BCUT2D eigenvalue weighted by molar-refractivity contribution is 7.99. The Hall–Kier alpha value is -0.220. The van der Waals surface area contributed by atoms with Crippen LogP contribution in [0.3, 0.4) is 0 Å². The van der Waals surface area contributed by atoms with Crippen molar-refractivity contribution in [3.8, 4) is 0 Å². The summed E-state index contributed by atoms with van der Waals surface area (Å²) in [4.78, 5) is 1.13. The molecule has 0 fully saturated rings. The summed E-state index contributed by atoms with van der Waals surface area (Å²) in [7, 11) is 1.96. The van der Waals surface area contributed by atoms with Crippen LogP contribution in [0.1, 0.15) is 6.92 Å². The van der Waals surface area contributed by atoms with Gasteiger partial charge >= 0.3 is 0 Å². The van der Waals surface area contributed by atoms with Gasteiger partial charge in [0, 0.05) is 23.3 Å². The minimum absolute atomic E-state index is 0.362. The first-order chi connectivity index (χ1) is 7.77. The summed E-state index contributed by atoms with van der Waals surface area (Å²) in [5.41, 5.74) is 0. The summed E-state index contributed by atoms with van der Waals surface area (Å²) in [5.74, 6) is 0.959. The van der Waals surface area contributed by atoms with Crippen molar-refractivity contribution >= 4 is 23.4 Å². The maximum Gasteiger partial charge on any atom is 0.0627 e. The molecular formula is C12H18ClNOS. The third-order valence-electron chi connectivity index (χ3n) is 2.21. The van der Waals surface area contributed by atoms with E-state index in [-0.39, 0.29) is 0 Å². The molecule has 90 valence electrons. The molecule has 1 aromatic carbocycles. The van der Waals surface area contributed by atoms with Crippen molar-refractivity contribution in [2.24, 2.45) is 0 Å². The summed E-state index contributed by atoms with van der Waals surface area (Å²) in [6.45, 7) is 3.51. The molecule has 0 bridgehead atoms. The van der Waals surface area contributed by atoms with Crippen LogP contribution in [0.15, 0.2) is 29.2 Å². The average Bonchev–Trinajstić information content (AvgIpc) is 2.31. The van der Waals surface area contributed by atoms with Crippen molar-refractivity contribution in [1.82, 2.24) is 5.32 Å². The van der Waals surface area contributed by atoms with E-state index < -0.39 is 0 Å². The molecule has 1 N–H and O–H groups in total. The van der Waals surface area contributed by atoms with Crippen molar-refractivity contribution in [2.75, 3.05) is 26.0 Å². The molecule has 0 saturated heterocycles. The van der Waals surface area contributed by atoms with Crippen LogP contribution in [0, 0.1) is 0 Å². The van der Waals surface area contributed by atoms with E-state index in [9.17, 15) is 0 Å². The number of benzene rings is 1. The highest BCUT2D eigenvalue weighted by atomic mass is 35.5. The number of likely N-dealkylation sites (N-methyl/N-ethyl adjacent to an activating group) is 1. The maximum atomic E-state index is 6.08. The molecular weight excluding hydrogens is 242 g/mol. The van der Waals surface area contributed by atoms with Gasteiger partial charge in [-0.1, -0.05) is 23.7 Å². The van der Waals surface area contributed by atoms with E-state index in [1.165, 1.54) is 0 Å². The zero-order valence-electron chi connectivity index (χ0n) is 9.70. The largest absolute Gasteiger partial charge is 0.380 e. The van der Waals surface area contributed by atoms with E-state index in [1.807, 2.05) is 38.2 Å². The van der Waals surface area contributed by atoms with E-state index in [2.05, 4.69) is 5.32 Å². The SMILES string of the molecule is CCOCC(CSc1ccccc1Cl)NC. The number of hydrogen-bond acceptors (Lipinski definition) is 3. The second-order valence-electron chi connectivity index (χ2n) is 3.39. The van der Waals surface area contributed by atoms with Crippen LogP contribution in [-0.2, 0) is 4.74 Å². The Bertz CT molecular complexity index is 309. The Balaban J connectivity index is 2.40. The molecule has 0 aromatic heterocycles. The number of rotatable bonds is 7. The Morgan fingerprint density at radius 2 is 2.19 bits per heavy atom. The van der Waals surface area contributed by atoms with Gasteiger partial charge in [-0.15, -0.1) is 11.8 Å². The van der Waals surface area contributed by atoms with Crippen molar-refractivity contribution in [1.29, 1.82) is 0 Å². The minimum Gasteiger partial charge on any atom is -0.380 e. The van der Waals surface area contributed by atoms with Gasteiger partial charge in [0.2, 0.25) is 0 Å². The van der Waals surface area contributed by atoms with Crippen LogP contribution < -0.4 is 5.32 Å². The Kier molecular flexibility index (Phi) is 6.88. The molecule has 0 heterocycles. The standard InChI is InChI=1S/C12H18ClNOS/c1-3-15-8-10(14-2)9-16-12-7-5-4-6-11(12)13/h4-7,10,14H,3,8-9H2,1-2H3. The minimum atomic E-state index is 0.362. The first-order valence-corrected chi connectivity index (χ1v) is 6.76. The predicted octanol–water partition coefficient (Wildman–Crippen LogP) is 3.06. The second kappa shape index (κ2) is 7.96. The van der Waals surface area contributed by atoms with E-state index in [0.717, 1.165) is 28.9 Å². The first-order valence-electron chi connectivity index (χ1n) is 5.40. The molecule has 16 heavy (non-hydrogen) atoms. The van der Waals surface area contributed by atoms with Gasteiger partial charge in [-0.2, -0.15) is 0 Å². The Labute approximate surface area is 107 Å². The molecule has 1 atom stereocenters. The van der Waals surface area contributed by atoms with Crippen molar-refractivity contribution < 1.29 is 4.74 Å². The summed E-state index contributed by atoms with van der Waals surface area (Å²) in [6, 6.07) is 8.27. The van der Waals surface area contributed by atoms with E-state index in [4.69, 9.17) is 16.3 Å². The van der Waals surface area contributed by atoms with E-state index >= 15 is 0 Å². The molecule has 0 aliphatic heterocycles. The lowest BCUT2D eigenvalue weighted by Gasteiger charge is -2.15. The normalized spacial score (nSPS) is 12.7. The molecule has 0 amide bonds. The monoisotopic (exact) mass is 259 g/mol. The highest BCUT2D eigenvalue weighted by Crippen LogP contribution is 2.26. The molecule has 0 aliphatic carbocycles. The highest BCUT2D eigenvalue weighted by Gasteiger charge is 2.08. The van der Waals surface area contributed by atoms with Crippen molar-refractivity contribution in [2.45, 2.75) is 17.9 Å². The molecule has 4 heteroatoms. The summed E-state index contributed by atoms with van der Waals surface area (Å²) < 4.78 is 5.40. The smallest absolute Gasteiger partial charge is 0.0627 e. The first kappa shape index (κ1) is 13.8. The van der Waals surface area contributed by atoms with Gasteiger partial charge in [-0.05, 0) is 26.1 Å². The van der Waals surface area contributed by atoms with Crippen molar-refractivity contribution in [3.05, 3.63) is 29.3 Å². The van der Waals surface area contributed by atoms with Crippen LogP contribution in [0.2, 0.25) is 5.02 Å². The Morgan fingerprint density at radius 3 is 2.81 bits per heavy atom. The van der Waals surface area contributed by atoms with Crippen molar-refractivity contribution in [3.63, 3.8) is 0 Å². The zero-order valence-corrected chi connectivity index (χ0v) is 11.3. The van der Waals surface area contributed by atoms with Crippen LogP contribution in [-0.4, -0.2) is 32.1 Å². The van der Waals surface area contributed by atoms with Crippen LogP contribution >= 0.6 is 23.4 Å². The molecule has 0 saturated carbocycles. The van der Waals surface area contributed by atoms with Gasteiger partial charge in [0.25, 0.3) is 0 Å². The molecule has 1 unspecified atom stereocenters. The predicted molar refractivity (Wildman–Crippen MR) is 71.5 cm³/mol. The fraction of sp³-hybridized carbons (Fsp3) is 0.500. The van der Waals surface area contributed by atoms with Crippen LogP contribution in [0.25, 0.3) is 0 Å². The van der Waals surface area contributed by atoms with Gasteiger partial charge in [0.05, 0.1) is 11.6 Å². The lowest BCUT2D eigenvalue weighted by atomic mass is 10.4. The number of nitrogens with one attached hydrogen (secondary N) is 1. The second-order valence-corrected chi connectivity index (χ2v) is 4.86. The quantitative estimate of drug-likeness (QED) is 0.761. The number of ether oxygens (including phenoxy) is 1.